The molecule has 0 spiro atoms. The zero-order chi connectivity index (χ0) is 60.0. The van der Waals surface area contributed by atoms with Gasteiger partial charge in [0, 0.05) is 61.0 Å². The van der Waals surface area contributed by atoms with Crippen molar-refractivity contribution < 1.29 is 85.5 Å². The van der Waals surface area contributed by atoms with E-state index in [2.05, 4.69) is 21.3 Å². The van der Waals surface area contributed by atoms with Crippen molar-refractivity contribution in [3.63, 3.8) is 0 Å². The second kappa shape index (κ2) is 53.1. The van der Waals surface area contributed by atoms with E-state index in [0.717, 1.165) is 68.2 Å². The Labute approximate surface area is 507 Å². The first kappa shape index (κ1) is 74.1. The molecule has 1 aliphatic rings. The number of hydrogen-bond donors (Lipinski definition) is 5. The fraction of sp³-hybridized carbons (Fsp3) is 0.729. The number of nitrogens with two attached hydrogens (primary N) is 1. The van der Waals surface area contributed by atoms with E-state index < -0.39 is 6.03 Å². The minimum atomic E-state index is -0.466. The maximum absolute atomic E-state index is 12.6. The summed E-state index contributed by atoms with van der Waals surface area (Å²) in [6, 6.07) is 12.8. The number of carbonyl (C=O) groups is 4. The van der Waals surface area contributed by atoms with Crippen LogP contribution in [0.4, 0.5) is 4.79 Å². The summed E-state index contributed by atoms with van der Waals surface area (Å²) >= 11 is 7.67. The van der Waals surface area contributed by atoms with E-state index in [1.807, 2.05) is 42.1 Å². The van der Waals surface area contributed by atoms with Gasteiger partial charge in [0.05, 0.1) is 172 Å². The van der Waals surface area contributed by atoms with E-state index >= 15 is 0 Å². The smallest absolute Gasteiger partial charge is 0.312 e. The van der Waals surface area contributed by atoms with Gasteiger partial charge < -0.3 is 93.3 Å². The van der Waals surface area contributed by atoms with Gasteiger partial charge in [-0.1, -0.05) is 24.6 Å². The average Bonchev–Trinajstić information content (AvgIpc) is 4.00. The minimum Gasteiger partial charge on any atom is -0.493 e. The molecular weight excluding hydrogens is 1130 g/mol. The van der Waals surface area contributed by atoms with Crippen LogP contribution in [0.1, 0.15) is 79.3 Å². The molecule has 6 N–H and O–H groups in total. The topological polar surface area (TPSA) is 272 Å². The summed E-state index contributed by atoms with van der Waals surface area (Å²) in [5.74, 6) is 2.68. The number of carbonyl (C=O) groups excluding carboxylic acids is 4. The Bertz CT molecular complexity index is 1960. The van der Waals surface area contributed by atoms with Gasteiger partial charge in [0.2, 0.25) is 11.8 Å². The lowest BCUT2D eigenvalue weighted by molar-refractivity contribution is -0.123. The molecule has 2 aromatic carbocycles. The van der Waals surface area contributed by atoms with Crippen LogP contribution in [0.2, 0.25) is 0 Å². The van der Waals surface area contributed by atoms with E-state index in [1.165, 1.54) is 0 Å². The maximum Gasteiger partial charge on any atom is 0.312 e. The third-order valence-electron chi connectivity index (χ3n) is 12.4. The number of primary amides is 1. The number of unbranched alkanes of at least 4 members (excludes halogenated alkanes) is 2. The molecular formula is C59H98ClN5O18S. The summed E-state index contributed by atoms with van der Waals surface area (Å²) in [6.07, 6.45) is 7.87. The lowest BCUT2D eigenvalue weighted by Crippen LogP contribution is -2.38. The number of thioether (sulfide) groups is 1. The van der Waals surface area contributed by atoms with Crippen LogP contribution in [0, 0.1) is 0 Å². The van der Waals surface area contributed by atoms with Crippen LogP contribution in [-0.2, 0) is 79.4 Å². The Morgan fingerprint density at radius 1 is 0.512 bits per heavy atom. The molecule has 1 aliphatic heterocycles. The fourth-order valence-corrected chi connectivity index (χ4v) is 9.50. The maximum atomic E-state index is 12.6. The van der Waals surface area contributed by atoms with Crippen molar-refractivity contribution in [2.24, 2.45) is 5.73 Å². The second-order valence-corrected chi connectivity index (χ2v) is 20.9. The number of urea groups is 1. The molecule has 3 rings (SSSR count). The standard InChI is InChI=1S/C59H98ClN5O18S/c1-70-55-45-49(7-6-17-60)12-15-54(55)83-20-5-4-18-63-58(68)51-13-10-50(11-14-51)47-64-57(67)16-21-71-23-25-73-27-29-75-31-33-77-35-37-79-39-41-81-43-44-82-42-40-80-38-36-78-34-32-76-30-28-74-26-24-72-22-19-62-56(66)9-3-2-8-53-46-52(48-84-53)65-59(61)69/h10-15,45,52-53H,2-9,16-44,46-48H2,1H3,(H,62,66)(H,63,68)(H,64,67)(H3,61,65,69)/t52?,53-/m0/s1. The molecule has 480 valence electrons. The van der Waals surface area contributed by atoms with Crippen molar-refractivity contribution in [1.82, 2.24) is 21.3 Å². The summed E-state index contributed by atoms with van der Waals surface area (Å²) in [5.41, 5.74) is 7.80. The first-order valence-electron chi connectivity index (χ1n) is 29.6. The summed E-state index contributed by atoms with van der Waals surface area (Å²) < 4.78 is 77.7. The first-order valence-corrected chi connectivity index (χ1v) is 31.2. The van der Waals surface area contributed by atoms with Gasteiger partial charge in [-0.25, -0.2) is 4.79 Å². The molecule has 0 saturated carbocycles. The second-order valence-electron chi connectivity index (χ2n) is 19.2. The fourth-order valence-electron chi connectivity index (χ4n) is 7.94. The zero-order valence-corrected chi connectivity index (χ0v) is 51.3. The van der Waals surface area contributed by atoms with Crippen molar-refractivity contribution in [2.75, 3.05) is 197 Å². The lowest BCUT2D eigenvalue weighted by Gasteiger charge is -2.12. The van der Waals surface area contributed by atoms with Gasteiger partial charge in [0.1, 0.15) is 0 Å². The zero-order valence-electron chi connectivity index (χ0n) is 49.7. The van der Waals surface area contributed by atoms with Gasteiger partial charge in [-0.2, -0.15) is 11.8 Å². The van der Waals surface area contributed by atoms with Crippen molar-refractivity contribution in [2.45, 2.75) is 82.0 Å². The van der Waals surface area contributed by atoms with Crippen LogP contribution in [0.5, 0.6) is 11.5 Å². The van der Waals surface area contributed by atoms with Crippen molar-refractivity contribution in [3.05, 3.63) is 59.2 Å². The quantitative estimate of drug-likeness (QED) is 0.0436. The molecule has 2 aromatic rings. The largest absolute Gasteiger partial charge is 0.493 e. The van der Waals surface area contributed by atoms with Gasteiger partial charge in [0.25, 0.3) is 5.91 Å². The van der Waals surface area contributed by atoms with Crippen LogP contribution in [0.25, 0.3) is 0 Å². The molecule has 0 aromatic heterocycles. The monoisotopic (exact) mass is 1230 g/mol. The van der Waals surface area contributed by atoms with Crippen LogP contribution in [0.15, 0.2) is 42.5 Å². The minimum absolute atomic E-state index is 0.0349. The number of rotatable bonds is 58. The van der Waals surface area contributed by atoms with Gasteiger partial charge in [0.15, 0.2) is 11.5 Å². The normalized spacial score (nSPS) is 13.9. The summed E-state index contributed by atoms with van der Waals surface area (Å²) in [6.45, 7) is 12.5. The highest BCUT2D eigenvalue weighted by Gasteiger charge is 2.25. The molecule has 23 nitrogen and oxygen atoms in total. The Morgan fingerprint density at radius 2 is 1.00 bits per heavy atom. The number of halogens is 1. The van der Waals surface area contributed by atoms with Crippen LogP contribution in [-0.4, -0.2) is 232 Å². The molecule has 25 heteroatoms. The number of methoxy groups -OCH3 is 1. The van der Waals surface area contributed by atoms with Gasteiger partial charge in [-0.15, -0.1) is 11.6 Å². The average molecular weight is 1230 g/mol. The highest BCUT2D eigenvalue weighted by atomic mass is 35.5. The Hall–Kier alpha value is -4.12. The highest BCUT2D eigenvalue weighted by Crippen LogP contribution is 2.31. The van der Waals surface area contributed by atoms with E-state index in [-0.39, 0.29) is 36.8 Å². The SMILES string of the molecule is COc1cc(CCCCl)ccc1OCCCCNC(=O)c1ccc(CNC(=O)CCOCCOCCOCCOCCOCCOCCOCCOCCOCCOCCOCCOCCNC(=O)CCCC[C@H]2CC(NC(N)=O)CS2)cc1. The molecule has 5 amide bonds. The van der Waals surface area contributed by atoms with E-state index in [4.69, 9.17) is 83.7 Å². The number of aryl methyl sites for hydroxylation is 1. The molecule has 1 fully saturated rings. The summed E-state index contributed by atoms with van der Waals surface area (Å²) in [4.78, 5) is 48.0. The third kappa shape index (κ3) is 41.8. The predicted octanol–water partition coefficient (Wildman–Crippen LogP) is 4.88. The number of ether oxygens (including phenoxy) is 14. The molecule has 0 bridgehead atoms. The van der Waals surface area contributed by atoms with Crippen molar-refractivity contribution in [1.29, 1.82) is 0 Å². The molecule has 1 heterocycles. The highest BCUT2D eigenvalue weighted by molar-refractivity contribution is 8.00. The van der Waals surface area contributed by atoms with Crippen molar-refractivity contribution >= 4 is 47.1 Å². The summed E-state index contributed by atoms with van der Waals surface area (Å²) in [7, 11) is 1.63. The molecule has 0 radical (unpaired) electrons. The molecule has 84 heavy (non-hydrogen) atoms. The molecule has 1 unspecified atom stereocenters. The van der Waals surface area contributed by atoms with Gasteiger partial charge >= 0.3 is 6.03 Å². The number of amides is 5. The van der Waals surface area contributed by atoms with Crippen LogP contribution < -0.4 is 36.5 Å². The Balaban J connectivity index is 0.927. The van der Waals surface area contributed by atoms with Crippen molar-refractivity contribution in [3.8, 4) is 11.5 Å². The van der Waals surface area contributed by atoms with Crippen LogP contribution in [0.3, 0.4) is 0 Å². The Morgan fingerprint density at radius 3 is 1.50 bits per heavy atom. The van der Waals surface area contributed by atoms with Gasteiger partial charge in [-0.3, -0.25) is 14.4 Å². The molecule has 0 aliphatic carbocycles. The third-order valence-corrected chi connectivity index (χ3v) is 14.1. The van der Waals surface area contributed by atoms with E-state index in [9.17, 15) is 19.2 Å². The Kier molecular flexibility index (Phi) is 46.9. The number of hydrogen-bond acceptors (Lipinski definition) is 19. The predicted molar refractivity (Wildman–Crippen MR) is 321 cm³/mol. The first-order chi connectivity index (χ1) is 41.3. The van der Waals surface area contributed by atoms with Crippen LogP contribution >= 0.6 is 23.4 Å². The number of nitrogens with one attached hydrogen (secondary N) is 4. The molecule has 1 saturated heterocycles. The van der Waals surface area contributed by atoms with Gasteiger partial charge in [-0.05, 0) is 80.3 Å². The van der Waals surface area contributed by atoms with E-state index in [0.29, 0.717) is 213 Å². The molecule has 2 atom stereocenters. The van der Waals surface area contributed by atoms with E-state index in [1.54, 1.807) is 19.2 Å². The number of benzene rings is 2. The summed E-state index contributed by atoms with van der Waals surface area (Å²) in [5, 5.41) is 12.0. The number of alkyl halides is 1. The lowest BCUT2D eigenvalue weighted by atomic mass is 10.1.